The first kappa shape index (κ1) is 19.5. The van der Waals surface area contributed by atoms with Gasteiger partial charge < -0.3 is 0 Å². The second-order valence-corrected chi connectivity index (χ2v) is 8.30. The maximum atomic E-state index is 12.7. The van der Waals surface area contributed by atoms with Crippen LogP contribution in [0.5, 0.6) is 0 Å². The molecule has 1 heterocycles. The summed E-state index contributed by atoms with van der Waals surface area (Å²) in [5.74, 6) is -0.466. The predicted molar refractivity (Wildman–Crippen MR) is 129 cm³/mol. The van der Waals surface area contributed by atoms with E-state index >= 15 is 0 Å². The summed E-state index contributed by atoms with van der Waals surface area (Å²) in [5, 5.41) is 8.74. The van der Waals surface area contributed by atoms with E-state index in [1.165, 1.54) is 34.9 Å². The topological polar surface area (TPSA) is 37.4 Å². The molecule has 6 rings (SSSR count). The summed E-state index contributed by atoms with van der Waals surface area (Å²) >= 11 is 0. The number of rotatable bonds is 2. The van der Waals surface area contributed by atoms with E-state index in [4.69, 9.17) is 0 Å². The van der Waals surface area contributed by atoms with Crippen molar-refractivity contribution in [2.24, 2.45) is 0 Å². The molecule has 0 fully saturated rings. The van der Waals surface area contributed by atoms with Gasteiger partial charge in [0, 0.05) is 23.6 Å². The van der Waals surface area contributed by atoms with Crippen molar-refractivity contribution in [1.82, 2.24) is 4.90 Å². The standard InChI is InChI=1S/C23H13NO2.C5H12/c1-24-22(25)17-10-8-15-13-6-2-4-12-5-3-7-14(19(12)13)16-9-11-18(23(24)26)21(17)20(15)16;1-3-5-4-2/h2-11H,1H3;3-5H2,1-2H3. The first-order valence-electron chi connectivity index (χ1n) is 11.0. The Morgan fingerprint density at radius 2 is 1.10 bits per heavy atom. The number of benzene rings is 5. The van der Waals surface area contributed by atoms with Crippen molar-refractivity contribution in [2.75, 3.05) is 7.05 Å². The molecule has 0 aromatic heterocycles. The van der Waals surface area contributed by atoms with Gasteiger partial charge in [0.1, 0.15) is 0 Å². The van der Waals surface area contributed by atoms with Crippen molar-refractivity contribution in [1.29, 1.82) is 0 Å². The zero-order chi connectivity index (χ0) is 21.7. The van der Waals surface area contributed by atoms with Crippen LogP contribution in [0.15, 0.2) is 60.7 Å². The van der Waals surface area contributed by atoms with E-state index < -0.39 is 0 Å². The molecule has 5 aromatic carbocycles. The Morgan fingerprint density at radius 1 is 0.613 bits per heavy atom. The molecule has 0 bridgehead atoms. The number of fused-ring (bicyclic) bond motifs is 2. The molecule has 0 N–H and O–H groups in total. The summed E-state index contributed by atoms with van der Waals surface area (Å²) in [4.78, 5) is 26.6. The summed E-state index contributed by atoms with van der Waals surface area (Å²) in [6.45, 7) is 4.42. The van der Waals surface area contributed by atoms with Crippen LogP contribution in [0.4, 0.5) is 0 Å². The number of hydrogen-bond acceptors (Lipinski definition) is 2. The Bertz CT molecular complexity index is 1380. The summed E-state index contributed by atoms with van der Waals surface area (Å²) < 4.78 is 0. The summed E-state index contributed by atoms with van der Waals surface area (Å²) in [6, 6.07) is 20.4. The molecule has 0 atom stereocenters. The minimum atomic E-state index is -0.233. The highest BCUT2D eigenvalue weighted by atomic mass is 16.2. The third kappa shape index (κ3) is 2.73. The number of hydrogen-bond donors (Lipinski definition) is 0. The smallest absolute Gasteiger partial charge is 0.261 e. The fourth-order valence-electron chi connectivity index (χ4n) is 4.90. The number of carbonyl (C=O) groups excluding carboxylic acids is 2. The maximum Gasteiger partial charge on any atom is 0.261 e. The lowest BCUT2D eigenvalue weighted by molar-refractivity contribution is 0.0651. The van der Waals surface area contributed by atoms with Gasteiger partial charge in [0.25, 0.3) is 11.8 Å². The van der Waals surface area contributed by atoms with Gasteiger partial charge in [0.2, 0.25) is 0 Å². The van der Waals surface area contributed by atoms with Crippen molar-refractivity contribution in [3.63, 3.8) is 0 Å². The lowest BCUT2D eigenvalue weighted by Gasteiger charge is -2.25. The molecule has 0 unspecified atom stereocenters. The van der Waals surface area contributed by atoms with E-state index in [-0.39, 0.29) is 11.8 Å². The van der Waals surface area contributed by atoms with Crippen LogP contribution in [-0.2, 0) is 0 Å². The Balaban J connectivity index is 0.000000371. The van der Waals surface area contributed by atoms with Crippen LogP contribution in [0.3, 0.4) is 0 Å². The molecule has 0 spiro atoms. The lowest BCUT2D eigenvalue weighted by atomic mass is 9.85. The van der Waals surface area contributed by atoms with E-state index in [0.29, 0.717) is 11.1 Å². The van der Waals surface area contributed by atoms with E-state index in [9.17, 15) is 9.59 Å². The van der Waals surface area contributed by atoms with Gasteiger partial charge in [-0.1, -0.05) is 81.6 Å². The first-order chi connectivity index (χ1) is 15.1. The van der Waals surface area contributed by atoms with E-state index in [2.05, 4.69) is 50.2 Å². The molecule has 0 aliphatic carbocycles. The minimum Gasteiger partial charge on any atom is -0.277 e. The molecule has 154 valence electrons. The molecule has 31 heavy (non-hydrogen) atoms. The van der Waals surface area contributed by atoms with Crippen molar-refractivity contribution < 1.29 is 9.59 Å². The molecular formula is C28H25NO2. The molecule has 0 saturated heterocycles. The summed E-state index contributed by atoms with van der Waals surface area (Å²) in [6.07, 6.45) is 4.08. The third-order valence-electron chi connectivity index (χ3n) is 6.42. The monoisotopic (exact) mass is 407 g/mol. The van der Waals surface area contributed by atoms with Crippen LogP contribution in [0, 0.1) is 0 Å². The molecule has 1 aliphatic heterocycles. The van der Waals surface area contributed by atoms with Gasteiger partial charge in [-0.25, -0.2) is 0 Å². The summed E-state index contributed by atoms with van der Waals surface area (Å²) in [5.41, 5.74) is 1.21. The quantitative estimate of drug-likeness (QED) is 0.177. The van der Waals surface area contributed by atoms with Gasteiger partial charge in [-0.3, -0.25) is 14.5 Å². The normalized spacial score (nSPS) is 13.5. The molecule has 0 saturated carbocycles. The number of nitrogens with zero attached hydrogens (tertiary/aromatic N) is 1. The average molecular weight is 408 g/mol. The Morgan fingerprint density at radius 3 is 1.55 bits per heavy atom. The van der Waals surface area contributed by atoms with Crippen LogP contribution in [-0.4, -0.2) is 23.8 Å². The average Bonchev–Trinajstić information content (AvgIpc) is 2.80. The lowest BCUT2D eigenvalue weighted by Crippen LogP contribution is -2.36. The van der Waals surface area contributed by atoms with E-state index in [1.807, 2.05) is 24.3 Å². The SMILES string of the molecule is CCCCC.CN1C(=O)c2ccc3c4cccc5cccc(c6ccc(c2c36)C1=O)c54. The van der Waals surface area contributed by atoms with Crippen molar-refractivity contribution in [3.8, 4) is 0 Å². The summed E-state index contributed by atoms with van der Waals surface area (Å²) in [7, 11) is 1.54. The third-order valence-corrected chi connectivity index (χ3v) is 6.42. The molecule has 5 aromatic rings. The largest absolute Gasteiger partial charge is 0.277 e. The Hall–Kier alpha value is -3.46. The first-order valence-corrected chi connectivity index (χ1v) is 11.0. The number of amides is 2. The second-order valence-electron chi connectivity index (χ2n) is 8.30. The molecular weight excluding hydrogens is 382 g/mol. The maximum absolute atomic E-state index is 12.7. The molecule has 2 amide bonds. The van der Waals surface area contributed by atoms with Gasteiger partial charge >= 0.3 is 0 Å². The van der Waals surface area contributed by atoms with Crippen molar-refractivity contribution in [2.45, 2.75) is 33.1 Å². The molecule has 0 radical (unpaired) electrons. The molecule has 3 nitrogen and oxygen atoms in total. The van der Waals surface area contributed by atoms with Gasteiger partial charge in [0.15, 0.2) is 0 Å². The Kier molecular flexibility index (Phi) is 4.62. The highest BCUT2D eigenvalue weighted by Gasteiger charge is 2.31. The second kappa shape index (κ2) is 7.35. The van der Waals surface area contributed by atoms with Crippen LogP contribution >= 0.6 is 0 Å². The highest BCUT2D eigenvalue weighted by molar-refractivity contribution is 6.38. The zero-order valence-corrected chi connectivity index (χ0v) is 18.2. The zero-order valence-electron chi connectivity index (χ0n) is 18.2. The Labute approximate surface area is 181 Å². The van der Waals surface area contributed by atoms with E-state index in [1.54, 1.807) is 7.05 Å². The fourth-order valence-corrected chi connectivity index (χ4v) is 4.90. The predicted octanol–water partition coefficient (Wildman–Crippen LogP) is 7.16. The number of imide groups is 1. The molecule has 1 aliphatic rings. The van der Waals surface area contributed by atoms with Crippen LogP contribution < -0.4 is 0 Å². The molecule has 3 heteroatoms. The van der Waals surface area contributed by atoms with Gasteiger partial charge in [-0.05, 0) is 49.8 Å². The van der Waals surface area contributed by atoms with Crippen molar-refractivity contribution in [3.05, 3.63) is 71.8 Å². The highest BCUT2D eigenvalue weighted by Crippen LogP contribution is 2.43. The van der Waals surface area contributed by atoms with Gasteiger partial charge in [0.05, 0.1) is 0 Å². The number of carbonyl (C=O) groups is 2. The van der Waals surface area contributed by atoms with Crippen molar-refractivity contribution >= 4 is 54.9 Å². The fraction of sp³-hybridized carbons (Fsp3) is 0.214. The number of unbranched alkanes of at least 4 members (excludes halogenated alkanes) is 2. The van der Waals surface area contributed by atoms with E-state index in [0.717, 1.165) is 32.3 Å². The van der Waals surface area contributed by atoms with Crippen LogP contribution in [0.1, 0.15) is 53.8 Å². The van der Waals surface area contributed by atoms with Gasteiger partial charge in [-0.2, -0.15) is 0 Å². The van der Waals surface area contributed by atoms with Crippen LogP contribution in [0.2, 0.25) is 0 Å². The van der Waals surface area contributed by atoms with Crippen LogP contribution in [0.25, 0.3) is 43.1 Å². The minimum absolute atomic E-state index is 0.233. The van der Waals surface area contributed by atoms with Gasteiger partial charge in [-0.15, -0.1) is 0 Å².